The Kier molecular flexibility index (Phi) is 7.40. The van der Waals surface area contributed by atoms with Crippen LogP contribution in [0.15, 0.2) is 54.7 Å². The van der Waals surface area contributed by atoms with E-state index >= 15 is 0 Å². The van der Waals surface area contributed by atoms with Gasteiger partial charge in [-0.1, -0.05) is 48.5 Å². The molecule has 0 atom stereocenters. The molecule has 0 aliphatic rings. The van der Waals surface area contributed by atoms with Crippen LogP contribution in [-0.2, 0) is 21.0 Å². The summed E-state index contributed by atoms with van der Waals surface area (Å²) in [6.45, 7) is 10.4. The topological polar surface area (TPSA) is 106 Å². The first-order valence-corrected chi connectivity index (χ1v) is 12.3. The van der Waals surface area contributed by atoms with Crippen LogP contribution in [0.1, 0.15) is 73.6 Å². The van der Waals surface area contributed by atoms with E-state index in [9.17, 15) is 9.59 Å². The van der Waals surface area contributed by atoms with Gasteiger partial charge in [0.1, 0.15) is 29.2 Å². The average molecular weight is 516 g/mol. The Morgan fingerprint density at radius 1 is 0.895 bits per heavy atom. The number of carbonyl (C=O) groups is 2. The van der Waals surface area contributed by atoms with E-state index in [0.717, 1.165) is 16.3 Å². The summed E-state index contributed by atoms with van der Waals surface area (Å²) in [6.07, 6.45) is 5.62. The number of nitrogens with zero attached hydrogens (tertiary/aromatic N) is 2. The van der Waals surface area contributed by atoms with Crippen LogP contribution in [0.2, 0.25) is 0 Å². The molecule has 0 fully saturated rings. The Bertz CT molecular complexity index is 1520. The maximum absolute atomic E-state index is 13.5. The number of hydrogen-bond donors (Lipinski definition) is 1. The minimum absolute atomic E-state index is 0.0142. The van der Waals surface area contributed by atoms with E-state index in [1.807, 2.05) is 54.6 Å². The van der Waals surface area contributed by atoms with Crippen molar-refractivity contribution in [3.05, 3.63) is 77.2 Å². The number of hydrogen-bond acceptors (Lipinski definition) is 7. The van der Waals surface area contributed by atoms with Crippen molar-refractivity contribution in [2.45, 2.75) is 59.5 Å². The smallest absolute Gasteiger partial charge is 0.356 e. The van der Waals surface area contributed by atoms with Gasteiger partial charge in [-0.25, -0.2) is 15.5 Å². The molecule has 8 heteroatoms. The highest BCUT2D eigenvalue weighted by Gasteiger charge is 2.33. The molecule has 2 heterocycles. The molecule has 2 aromatic heterocycles. The second kappa shape index (κ2) is 10.4. The molecule has 2 N–H and O–H groups in total. The number of nitrogens with two attached hydrogens (primary N) is 1. The first-order chi connectivity index (χ1) is 17.9. The Balaban J connectivity index is 2.00. The lowest BCUT2D eigenvalue weighted by Gasteiger charge is -2.22. The van der Waals surface area contributed by atoms with Crippen LogP contribution in [0.3, 0.4) is 0 Å². The van der Waals surface area contributed by atoms with E-state index in [4.69, 9.17) is 20.2 Å². The summed E-state index contributed by atoms with van der Waals surface area (Å²) in [5.41, 5.74) is 0.860. The number of benzene rings is 2. The summed E-state index contributed by atoms with van der Waals surface area (Å²) in [5.74, 6) is 4.18. The van der Waals surface area contributed by atoms with Gasteiger partial charge in [-0.05, 0) is 59.2 Å². The summed E-state index contributed by atoms with van der Waals surface area (Å²) in [7, 11) is 0. The molecule has 0 unspecified atom stereocenters. The summed E-state index contributed by atoms with van der Waals surface area (Å²) in [5, 5.41) is 2.10. The molecule has 38 heavy (non-hydrogen) atoms. The van der Waals surface area contributed by atoms with Crippen LogP contribution in [0.25, 0.3) is 33.8 Å². The summed E-state index contributed by atoms with van der Waals surface area (Å²) in [6, 6.07) is 15.4. The van der Waals surface area contributed by atoms with Gasteiger partial charge in [0.2, 0.25) is 0 Å². The second-order valence-corrected chi connectivity index (χ2v) is 11.0. The maximum atomic E-state index is 13.5. The van der Waals surface area contributed by atoms with Gasteiger partial charge in [-0.3, -0.25) is 9.82 Å². The molecule has 0 saturated carbocycles. The molecular formula is C30H33N3O5. The molecule has 0 amide bonds. The molecule has 0 aliphatic carbocycles. The number of carbonyl (C=O) groups excluding carboxylic acids is 2. The lowest BCUT2D eigenvalue weighted by molar-refractivity contribution is -0.0000972. The monoisotopic (exact) mass is 515 g/mol. The largest absolute Gasteiger partial charge is 0.456 e. The summed E-state index contributed by atoms with van der Waals surface area (Å²) in [4.78, 5) is 36.6. The van der Waals surface area contributed by atoms with E-state index in [0.29, 0.717) is 16.6 Å². The van der Waals surface area contributed by atoms with Crippen molar-refractivity contribution in [2.24, 2.45) is 5.90 Å². The van der Waals surface area contributed by atoms with Crippen molar-refractivity contribution >= 4 is 45.8 Å². The quantitative estimate of drug-likeness (QED) is 0.244. The molecule has 2 aromatic carbocycles. The predicted octanol–water partition coefficient (Wildman–Crippen LogP) is 6.12. The van der Waals surface area contributed by atoms with Gasteiger partial charge in [0.05, 0.1) is 11.2 Å². The summed E-state index contributed by atoms with van der Waals surface area (Å²) >= 11 is 0. The maximum Gasteiger partial charge on any atom is 0.356 e. The molecule has 4 rings (SSSR count). The van der Waals surface area contributed by atoms with Crippen LogP contribution >= 0.6 is 0 Å². The Labute approximate surface area is 222 Å². The molecule has 0 saturated heterocycles. The fraction of sp³-hybridized carbons (Fsp3) is 0.300. The average Bonchev–Trinajstić information content (AvgIpc) is 3.16. The predicted molar refractivity (Wildman–Crippen MR) is 148 cm³/mol. The number of aromatic nitrogens is 2. The van der Waals surface area contributed by atoms with Crippen LogP contribution in [0.4, 0.5) is 0 Å². The van der Waals surface area contributed by atoms with Gasteiger partial charge < -0.3 is 14.0 Å². The third-order valence-electron chi connectivity index (χ3n) is 5.59. The number of fused-ring (bicyclic) bond motifs is 3. The standard InChI is InChI=1S/C30H33N3O5/c1-29(2,3)37-27(34)24-22-15-13-20-17-32-21(14-12-19-10-8-7-9-11-19)16-23(20)25(22)33(18-36-31)26(24)28(35)38-30(4,5)6/h7-17H,18,31H2,1-6H3. The van der Waals surface area contributed by atoms with E-state index in [1.165, 1.54) is 0 Å². The zero-order valence-electron chi connectivity index (χ0n) is 22.6. The van der Waals surface area contributed by atoms with Gasteiger partial charge >= 0.3 is 11.9 Å². The van der Waals surface area contributed by atoms with Gasteiger partial charge in [0.25, 0.3) is 0 Å². The van der Waals surface area contributed by atoms with Crippen molar-refractivity contribution in [1.29, 1.82) is 0 Å². The molecule has 8 nitrogen and oxygen atoms in total. The molecule has 4 aromatic rings. The summed E-state index contributed by atoms with van der Waals surface area (Å²) < 4.78 is 13.0. The van der Waals surface area contributed by atoms with Gasteiger partial charge in [-0.15, -0.1) is 0 Å². The molecule has 198 valence electrons. The minimum Gasteiger partial charge on any atom is -0.456 e. The first kappa shape index (κ1) is 27.0. The number of ether oxygens (including phenoxy) is 2. The number of esters is 2. The second-order valence-electron chi connectivity index (χ2n) is 11.0. The van der Waals surface area contributed by atoms with Gasteiger partial charge in [0, 0.05) is 22.4 Å². The lowest BCUT2D eigenvalue weighted by atomic mass is 10.0. The normalized spacial score (nSPS) is 12.4. The molecule has 0 spiro atoms. The SMILES string of the molecule is CC(C)(C)OC(=O)c1c(C(=O)OC(C)(C)C)n(CON)c2c1ccc1cnc(C=Cc3ccccc3)cc12. The highest BCUT2D eigenvalue weighted by atomic mass is 16.6. The number of pyridine rings is 1. The Morgan fingerprint density at radius 3 is 2.18 bits per heavy atom. The Hall–Kier alpha value is -4.01. The molecule has 0 radical (unpaired) electrons. The zero-order chi connectivity index (χ0) is 27.7. The van der Waals surface area contributed by atoms with E-state index in [2.05, 4.69) is 4.98 Å². The minimum atomic E-state index is -0.797. The van der Waals surface area contributed by atoms with Gasteiger partial charge in [-0.2, -0.15) is 0 Å². The molecular weight excluding hydrogens is 482 g/mol. The van der Waals surface area contributed by atoms with Gasteiger partial charge in [0.15, 0.2) is 0 Å². The fourth-order valence-electron chi connectivity index (χ4n) is 4.20. The third kappa shape index (κ3) is 5.93. The van der Waals surface area contributed by atoms with Crippen molar-refractivity contribution in [1.82, 2.24) is 9.55 Å². The van der Waals surface area contributed by atoms with Crippen LogP contribution < -0.4 is 5.90 Å². The van der Waals surface area contributed by atoms with Crippen molar-refractivity contribution in [2.75, 3.05) is 0 Å². The molecule has 0 aliphatic heterocycles. The zero-order valence-corrected chi connectivity index (χ0v) is 22.6. The van der Waals surface area contributed by atoms with E-state index < -0.39 is 23.1 Å². The van der Waals surface area contributed by atoms with Crippen molar-refractivity contribution in [3.8, 4) is 0 Å². The third-order valence-corrected chi connectivity index (χ3v) is 5.59. The van der Waals surface area contributed by atoms with Crippen LogP contribution in [-0.4, -0.2) is 32.7 Å². The fourth-order valence-corrected chi connectivity index (χ4v) is 4.20. The van der Waals surface area contributed by atoms with E-state index in [-0.39, 0.29) is 18.0 Å². The van der Waals surface area contributed by atoms with Crippen molar-refractivity contribution < 1.29 is 23.9 Å². The Morgan fingerprint density at radius 2 is 1.55 bits per heavy atom. The van der Waals surface area contributed by atoms with Crippen LogP contribution in [0.5, 0.6) is 0 Å². The van der Waals surface area contributed by atoms with E-state index in [1.54, 1.807) is 58.4 Å². The lowest BCUT2D eigenvalue weighted by Crippen LogP contribution is -2.29. The number of rotatable bonds is 6. The first-order valence-electron chi connectivity index (χ1n) is 12.3. The van der Waals surface area contributed by atoms with Crippen molar-refractivity contribution in [3.63, 3.8) is 0 Å². The molecule has 0 bridgehead atoms. The van der Waals surface area contributed by atoms with Crippen LogP contribution in [0, 0.1) is 0 Å². The highest BCUT2D eigenvalue weighted by molar-refractivity contribution is 6.19. The highest BCUT2D eigenvalue weighted by Crippen LogP contribution is 2.35.